The minimum atomic E-state index is 0.492. The van der Waals surface area contributed by atoms with Crippen molar-refractivity contribution in [3.8, 4) is 0 Å². The first-order chi connectivity index (χ1) is 4.47. The van der Waals surface area contributed by atoms with Crippen molar-refractivity contribution in [2.45, 2.75) is 0 Å². The Morgan fingerprint density at radius 1 is 1.44 bits per heavy atom. The van der Waals surface area contributed by atoms with Crippen molar-refractivity contribution < 1.29 is 0 Å². The van der Waals surface area contributed by atoms with E-state index in [2.05, 4.69) is 20.0 Å². The Kier molecular flexibility index (Phi) is 0.798. The molecule has 9 heavy (non-hydrogen) atoms. The van der Waals surface area contributed by atoms with E-state index in [0.29, 0.717) is 12.5 Å². The van der Waals surface area contributed by atoms with Gasteiger partial charge in [0, 0.05) is 0 Å². The van der Waals surface area contributed by atoms with E-state index in [1.165, 1.54) is 6.34 Å². The first-order valence-corrected chi connectivity index (χ1v) is 2.62. The van der Waals surface area contributed by atoms with Gasteiger partial charge >= 0.3 is 0 Å². The average Bonchev–Trinajstić information content (AvgIpc) is 2.33. The Bertz CT molecular complexity index is 246. The molecule has 0 aromatic heterocycles. The highest BCUT2D eigenvalue weighted by atomic mass is 15.1. The molecular formula is C5H4N4. The standard InChI is InChI=1S/C5H4N4/c1-4-5(8-2-6-1)9-3-7-4/h1,3H,2H2. The Morgan fingerprint density at radius 2 is 2.44 bits per heavy atom. The summed E-state index contributed by atoms with van der Waals surface area (Å²) >= 11 is 0. The molecule has 44 valence electrons. The van der Waals surface area contributed by atoms with Crippen LogP contribution in [0.2, 0.25) is 0 Å². The minimum absolute atomic E-state index is 0.492. The van der Waals surface area contributed by atoms with E-state index in [-0.39, 0.29) is 0 Å². The summed E-state index contributed by atoms with van der Waals surface area (Å²) in [6, 6.07) is 0. The molecule has 2 aliphatic heterocycles. The molecule has 2 heterocycles. The molecule has 0 aromatic rings. The van der Waals surface area contributed by atoms with E-state index in [0.717, 1.165) is 5.71 Å². The van der Waals surface area contributed by atoms with E-state index in [1.807, 2.05) is 0 Å². The molecule has 0 aliphatic carbocycles. The van der Waals surface area contributed by atoms with E-state index in [1.54, 1.807) is 6.21 Å². The van der Waals surface area contributed by atoms with Crippen LogP contribution in [0, 0.1) is 0 Å². The van der Waals surface area contributed by atoms with Crippen molar-refractivity contribution in [3.63, 3.8) is 0 Å². The van der Waals surface area contributed by atoms with E-state index >= 15 is 0 Å². The van der Waals surface area contributed by atoms with Crippen LogP contribution in [-0.2, 0) is 0 Å². The molecule has 4 heteroatoms. The summed E-state index contributed by atoms with van der Waals surface area (Å²) in [6.45, 7) is 0.492. The fourth-order valence-corrected chi connectivity index (χ4v) is 0.718. The Labute approximate surface area is 51.8 Å². The van der Waals surface area contributed by atoms with Crippen LogP contribution in [0.1, 0.15) is 0 Å². The highest BCUT2D eigenvalue weighted by Gasteiger charge is 2.10. The third kappa shape index (κ3) is 0.595. The first-order valence-electron chi connectivity index (χ1n) is 2.62. The number of hydrogen-bond donors (Lipinski definition) is 0. The zero-order valence-corrected chi connectivity index (χ0v) is 4.65. The summed E-state index contributed by atoms with van der Waals surface area (Å²) in [5, 5.41) is 0. The summed E-state index contributed by atoms with van der Waals surface area (Å²) in [6.07, 6.45) is 3.18. The van der Waals surface area contributed by atoms with Gasteiger partial charge < -0.3 is 0 Å². The highest BCUT2D eigenvalue weighted by Crippen LogP contribution is 1.97. The Hall–Kier alpha value is -1.32. The van der Waals surface area contributed by atoms with Crippen LogP contribution in [0.4, 0.5) is 0 Å². The number of fused-ring (bicyclic) bond motifs is 1. The molecule has 2 rings (SSSR count). The molecule has 0 saturated carbocycles. The molecule has 2 aliphatic rings. The van der Waals surface area contributed by atoms with E-state index < -0.39 is 0 Å². The fraction of sp³-hybridized carbons (Fsp3) is 0.200. The highest BCUT2D eigenvalue weighted by molar-refractivity contribution is 6.65. The largest absolute Gasteiger partial charge is 0.267 e. The average molecular weight is 120 g/mol. The minimum Gasteiger partial charge on any atom is -0.267 e. The Morgan fingerprint density at radius 3 is 3.33 bits per heavy atom. The third-order valence-corrected chi connectivity index (χ3v) is 1.12. The second kappa shape index (κ2) is 1.58. The van der Waals surface area contributed by atoms with Crippen LogP contribution in [0.25, 0.3) is 0 Å². The van der Waals surface area contributed by atoms with Crippen molar-refractivity contribution in [2.24, 2.45) is 20.0 Å². The molecule has 0 radical (unpaired) electrons. The number of nitrogens with zero attached hydrogens (tertiary/aromatic N) is 4. The van der Waals surface area contributed by atoms with Gasteiger partial charge in [-0.15, -0.1) is 0 Å². The van der Waals surface area contributed by atoms with Gasteiger partial charge in [0.15, 0.2) is 5.84 Å². The zero-order valence-electron chi connectivity index (χ0n) is 4.65. The maximum absolute atomic E-state index is 3.98. The zero-order chi connectivity index (χ0) is 6.10. The van der Waals surface area contributed by atoms with Crippen LogP contribution < -0.4 is 0 Å². The van der Waals surface area contributed by atoms with Crippen molar-refractivity contribution >= 4 is 24.1 Å². The lowest BCUT2D eigenvalue weighted by Gasteiger charge is -1.97. The van der Waals surface area contributed by atoms with Gasteiger partial charge in [0.2, 0.25) is 0 Å². The maximum atomic E-state index is 3.98. The molecule has 0 N–H and O–H groups in total. The lowest BCUT2D eigenvalue weighted by atomic mass is 10.3. The molecule has 0 amide bonds. The number of amidine groups is 1. The summed E-state index contributed by atoms with van der Waals surface area (Å²) in [4.78, 5) is 15.7. The normalized spacial score (nSPS) is 21.3. The van der Waals surface area contributed by atoms with Crippen LogP contribution in [-0.4, -0.2) is 30.8 Å². The van der Waals surface area contributed by atoms with E-state index in [9.17, 15) is 0 Å². The molecule has 0 fully saturated rings. The lowest BCUT2D eigenvalue weighted by Crippen LogP contribution is -2.13. The van der Waals surface area contributed by atoms with Crippen LogP contribution in [0.15, 0.2) is 20.0 Å². The molecule has 0 spiro atoms. The molecule has 4 nitrogen and oxygen atoms in total. The monoisotopic (exact) mass is 120 g/mol. The van der Waals surface area contributed by atoms with Gasteiger partial charge in [-0.1, -0.05) is 0 Å². The summed E-state index contributed by atoms with van der Waals surface area (Å²) in [5.41, 5.74) is 0.779. The van der Waals surface area contributed by atoms with Gasteiger partial charge in [-0.25, -0.2) is 15.0 Å². The van der Waals surface area contributed by atoms with Gasteiger partial charge in [0.05, 0.1) is 6.21 Å². The topological polar surface area (TPSA) is 49.4 Å². The fourth-order valence-electron chi connectivity index (χ4n) is 0.718. The van der Waals surface area contributed by atoms with Gasteiger partial charge in [0.25, 0.3) is 0 Å². The maximum Gasteiger partial charge on any atom is 0.178 e. The van der Waals surface area contributed by atoms with Gasteiger partial charge in [-0.3, -0.25) is 4.99 Å². The van der Waals surface area contributed by atoms with Gasteiger partial charge in [-0.2, -0.15) is 0 Å². The second-order valence-corrected chi connectivity index (χ2v) is 1.69. The van der Waals surface area contributed by atoms with Crippen LogP contribution in [0.5, 0.6) is 0 Å². The number of aliphatic imine (C=N–C) groups is 4. The smallest absolute Gasteiger partial charge is 0.178 e. The second-order valence-electron chi connectivity index (χ2n) is 1.69. The van der Waals surface area contributed by atoms with E-state index in [4.69, 9.17) is 0 Å². The third-order valence-electron chi connectivity index (χ3n) is 1.12. The predicted octanol–water partition coefficient (Wildman–Crippen LogP) is -0.0903. The molecule has 0 bridgehead atoms. The molecule has 0 unspecified atom stereocenters. The summed E-state index contributed by atoms with van der Waals surface area (Å²) in [7, 11) is 0. The van der Waals surface area contributed by atoms with Crippen molar-refractivity contribution in [2.75, 3.05) is 6.67 Å². The van der Waals surface area contributed by atoms with Crippen molar-refractivity contribution in [1.82, 2.24) is 0 Å². The quantitative estimate of drug-likeness (QED) is 0.429. The number of rotatable bonds is 0. The molecule has 0 atom stereocenters. The molecule has 0 saturated heterocycles. The lowest BCUT2D eigenvalue weighted by molar-refractivity contribution is 1.07. The van der Waals surface area contributed by atoms with Gasteiger partial charge in [-0.05, 0) is 0 Å². The van der Waals surface area contributed by atoms with Gasteiger partial charge in [0.1, 0.15) is 18.7 Å². The van der Waals surface area contributed by atoms with Crippen LogP contribution in [0.3, 0.4) is 0 Å². The SMILES string of the molecule is C1=NCN=C2N=CN=C12. The first kappa shape index (κ1) is 4.55. The van der Waals surface area contributed by atoms with Crippen molar-refractivity contribution in [3.05, 3.63) is 0 Å². The molecular weight excluding hydrogens is 116 g/mol. The summed E-state index contributed by atoms with van der Waals surface area (Å²) in [5.74, 6) is 0.713. The van der Waals surface area contributed by atoms with Crippen LogP contribution >= 0.6 is 0 Å². The number of hydrogen-bond acceptors (Lipinski definition) is 4. The molecule has 0 aromatic carbocycles. The Balaban J connectivity index is 2.46. The summed E-state index contributed by atoms with van der Waals surface area (Å²) < 4.78 is 0. The predicted molar refractivity (Wildman–Crippen MR) is 36.7 cm³/mol. The van der Waals surface area contributed by atoms with Crippen molar-refractivity contribution in [1.29, 1.82) is 0 Å².